The Morgan fingerprint density at radius 3 is 1.65 bits per heavy atom. The largest absolute Gasteiger partial charge is 0.468 e. The second kappa shape index (κ2) is 16.1. The molecule has 0 bridgehead atoms. The Kier molecular flexibility index (Phi) is 10.2. The van der Waals surface area contributed by atoms with Crippen LogP contribution in [0.3, 0.4) is 0 Å². The molecule has 0 radical (unpaired) electrons. The summed E-state index contributed by atoms with van der Waals surface area (Å²) < 4.78 is 7.64. The zero-order valence-corrected chi connectivity index (χ0v) is 43.3. The number of anilines is 9. The first-order chi connectivity index (χ1) is 34.0. The molecule has 0 saturated heterocycles. The number of furan rings is 1. The van der Waals surface area contributed by atoms with Crippen LogP contribution in [0.25, 0.3) is 22.1 Å². The van der Waals surface area contributed by atoms with E-state index in [9.17, 15) is 0 Å². The normalized spacial score (nSPS) is 15.3. The van der Waals surface area contributed by atoms with Crippen LogP contribution in [-0.4, -0.2) is 6.71 Å². The first-order valence-corrected chi connectivity index (χ1v) is 25.7. The predicted molar refractivity (Wildman–Crippen MR) is 303 cm³/mol. The highest BCUT2D eigenvalue weighted by molar-refractivity contribution is 7.00. The van der Waals surface area contributed by atoms with Crippen molar-refractivity contribution in [3.8, 4) is 11.1 Å². The van der Waals surface area contributed by atoms with Crippen molar-refractivity contribution in [3.05, 3.63) is 203 Å². The summed E-state index contributed by atoms with van der Waals surface area (Å²) in [4.78, 5) is 7.59. The third kappa shape index (κ3) is 7.09. The number of benzene rings is 8. The lowest BCUT2D eigenvalue weighted by molar-refractivity contribution is 0.332. The van der Waals surface area contributed by atoms with Crippen LogP contribution >= 0.6 is 0 Å². The van der Waals surface area contributed by atoms with Crippen molar-refractivity contribution in [1.29, 1.82) is 0 Å². The van der Waals surface area contributed by atoms with E-state index in [1.807, 2.05) is 0 Å². The van der Waals surface area contributed by atoms with Gasteiger partial charge in [-0.05, 0) is 185 Å². The summed E-state index contributed by atoms with van der Waals surface area (Å²) in [6.45, 7) is 25.4. The van der Waals surface area contributed by atoms with Crippen LogP contribution in [0.1, 0.15) is 100 Å². The second-order valence-electron chi connectivity index (χ2n) is 23.1. The van der Waals surface area contributed by atoms with Crippen LogP contribution in [-0.2, 0) is 16.2 Å². The van der Waals surface area contributed by atoms with Gasteiger partial charge in [-0.15, -0.1) is 0 Å². The lowest BCUT2D eigenvalue weighted by Gasteiger charge is -2.44. The van der Waals surface area contributed by atoms with Gasteiger partial charge in [0.15, 0.2) is 0 Å². The molecule has 3 aliphatic rings. The molecular weight excluding hydrogens is 862 g/mol. The van der Waals surface area contributed by atoms with Gasteiger partial charge in [0.25, 0.3) is 6.71 Å². The molecule has 352 valence electrons. The van der Waals surface area contributed by atoms with E-state index in [-0.39, 0.29) is 23.0 Å². The van der Waals surface area contributed by atoms with Crippen molar-refractivity contribution < 1.29 is 4.42 Å². The quantitative estimate of drug-likeness (QED) is 0.155. The van der Waals surface area contributed by atoms with Crippen LogP contribution in [0, 0.1) is 27.7 Å². The van der Waals surface area contributed by atoms with Crippen molar-refractivity contribution >= 4 is 85.5 Å². The molecule has 4 nitrogen and oxygen atoms in total. The molecule has 0 amide bonds. The SMILES string of the molecule is Cc1cccc(C)c1-c1ccc2c(c1)N(c1c(C)cccc1C)c1cc(N(c3ccccc3)c3ccccc3)cc3c1B2c1oc2cc4c(cc2c1N3c1ccc(C(C)(C)C)cc1)C(C)(C)CCC4(C)C. The molecule has 2 aliphatic heterocycles. The number of rotatable bonds is 6. The molecule has 0 saturated carbocycles. The van der Waals surface area contributed by atoms with Crippen molar-refractivity contribution in [2.24, 2.45) is 0 Å². The molecule has 71 heavy (non-hydrogen) atoms. The first-order valence-electron chi connectivity index (χ1n) is 25.7. The van der Waals surface area contributed by atoms with Crippen molar-refractivity contribution in [3.63, 3.8) is 0 Å². The summed E-state index contributed by atoms with van der Waals surface area (Å²) in [5.74, 6) is 0. The van der Waals surface area contributed by atoms with Gasteiger partial charge in [0, 0.05) is 39.5 Å². The fraction of sp³-hybridized carbons (Fsp3) is 0.242. The van der Waals surface area contributed by atoms with Gasteiger partial charge in [0.05, 0.1) is 22.7 Å². The average Bonchev–Trinajstić information content (AvgIpc) is 3.72. The highest BCUT2D eigenvalue weighted by Gasteiger charge is 2.48. The van der Waals surface area contributed by atoms with Gasteiger partial charge in [-0.1, -0.05) is 146 Å². The number of hydrogen-bond donors (Lipinski definition) is 0. The van der Waals surface area contributed by atoms with Gasteiger partial charge >= 0.3 is 0 Å². The minimum atomic E-state index is -0.205. The summed E-state index contributed by atoms with van der Waals surface area (Å²) in [6.07, 6.45) is 2.27. The molecule has 0 unspecified atom stereocenters. The summed E-state index contributed by atoms with van der Waals surface area (Å²) in [6, 6.07) is 61.6. The second-order valence-corrected chi connectivity index (χ2v) is 23.1. The maximum absolute atomic E-state index is 7.64. The highest BCUT2D eigenvalue weighted by Crippen LogP contribution is 2.54. The maximum atomic E-state index is 7.64. The van der Waals surface area contributed by atoms with Crippen LogP contribution in [0.4, 0.5) is 51.2 Å². The molecule has 3 heterocycles. The maximum Gasteiger partial charge on any atom is 0.297 e. The van der Waals surface area contributed by atoms with E-state index >= 15 is 0 Å². The number of hydrogen-bond acceptors (Lipinski definition) is 4. The van der Waals surface area contributed by atoms with Gasteiger partial charge in [-0.2, -0.15) is 0 Å². The number of para-hydroxylation sites is 3. The van der Waals surface area contributed by atoms with Gasteiger partial charge in [0.1, 0.15) is 5.58 Å². The van der Waals surface area contributed by atoms with Crippen LogP contribution in [0.15, 0.2) is 168 Å². The standard InChI is InChI=1S/C66H64BN3O/c1-41-20-18-21-42(2)59(41)45-28-33-54-55(36-45)70(61-43(3)22-19-23-44(61)4)57-38-50(68(47-24-14-12-15-25-47)48-26-16-13-17-27-48)37-56-60(57)67(54)63-62(69(56)49-31-29-46(30-32-49)64(5,6)7)51-39-52-53(40-58(51)71-63)66(10,11)35-34-65(52,8)9/h12-33,36-40H,34-35H2,1-11H3. The van der Waals surface area contributed by atoms with Gasteiger partial charge in [-0.3, -0.25) is 0 Å². The van der Waals surface area contributed by atoms with E-state index in [1.54, 1.807) is 0 Å². The van der Waals surface area contributed by atoms with E-state index < -0.39 is 0 Å². The Morgan fingerprint density at radius 2 is 1.07 bits per heavy atom. The molecule has 1 aliphatic carbocycles. The molecule has 8 aromatic carbocycles. The Balaban J connectivity index is 1.25. The minimum absolute atomic E-state index is 0.00722. The lowest BCUT2D eigenvalue weighted by atomic mass is 9.35. The summed E-state index contributed by atoms with van der Waals surface area (Å²) in [5.41, 5.74) is 26.2. The van der Waals surface area contributed by atoms with Crippen molar-refractivity contribution in [1.82, 2.24) is 0 Å². The van der Waals surface area contributed by atoms with Gasteiger partial charge in [-0.25, -0.2) is 0 Å². The predicted octanol–water partition coefficient (Wildman–Crippen LogP) is 16.5. The topological polar surface area (TPSA) is 22.9 Å². The zero-order valence-electron chi connectivity index (χ0n) is 43.3. The monoisotopic (exact) mass is 926 g/mol. The summed E-state index contributed by atoms with van der Waals surface area (Å²) in [7, 11) is 0. The summed E-state index contributed by atoms with van der Waals surface area (Å²) in [5, 5.41) is 1.16. The average molecular weight is 926 g/mol. The molecule has 9 aromatic rings. The molecule has 0 atom stereocenters. The van der Waals surface area contributed by atoms with Crippen molar-refractivity contribution in [2.75, 3.05) is 14.7 Å². The fourth-order valence-corrected chi connectivity index (χ4v) is 12.5. The molecule has 1 aromatic heterocycles. The van der Waals surface area contributed by atoms with Crippen LogP contribution in [0.5, 0.6) is 0 Å². The fourth-order valence-electron chi connectivity index (χ4n) is 12.5. The number of nitrogens with zero attached hydrogens (tertiary/aromatic N) is 3. The molecule has 0 spiro atoms. The third-order valence-corrected chi connectivity index (χ3v) is 16.3. The van der Waals surface area contributed by atoms with Gasteiger partial charge < -0.3 is 19.1 Å². The van der Waals surface area contributed by atoms with E-state index in [0.29, 0.717) is 0 Å². The molecule has 0 N–H and O–H groups in total. The summed E-state index contributed by atoms with van der Waals surface area (Å²) >= 11 is 0. The van der Waals surface area contributed by atoms with E-state index in [1.165, 1.54) is 72.4 Å². The van der Waals surface area contributed by atoms with E-state index in [0.717, 1.165) is 69.3 Å². The molecule has 12 rings (SSSR count). The van der Waals surface area contributed by atoms with E-state index in [4.69, 9.17) is 4.42 Å². The molecular formula is C66H64BN3O. The van der Waals surface area contributed by atoms with Crippen molar-refractivity contribution in [2.45, 2.75) is 105 Å². The van der Waals surface area contributed by atoms with E-state index in [2.05, 4.69) is 255 Å². The van der Waals surface area contributed by atoms with Crippen LogP contribution in [0.2, 0.25) is 0 Å². The number of aryl methyl sites for hydroxylation is 4. The Hall–Kier alpha value is -7.24. The Bertz CT molecular complexity index is 3500. The van der Waals surface area contributed by atoms with Crippen LogP contribution < -0.4 is 31.3 Å². The first kappa shape index (κ1) is 44.9. The lowest BCUT2D eigenvalue weighted by Crippen LogP contribution is -2.61. The zero-order chi connectivity index (χ0) is 49.3. The smallest absolute Gasteiger partial charge is 0.297 e. The minimum Gasteiger partial charge on any atom is -0.468 e. The van der Waals surface area contributed by atoms with Gasteiger partial charge in [0.2, 0.25) is 0 Å². The molecule has 0 fully saturated rings. The Morgan fingerprint density at radius 1 is 0.521 bits per heavy atom. The molecule has 5 heteroatoms. The number of fused-ring (bicyclic) bond motifs is 7. The Labute approximate surface area is 421 Å². The highest BCUT2D eigenvalue weighted by atomic mass is 16.3. The third-order valence-electron chi connectivity index (χ3n) is 16.3.